The molecule has 1 fully saturated rings. The maximum atomic E-state index is 11.7. The van der Waals surface area contributed by atoms with Crippen LogP contribution in [-0.2, 0) is 11.3 Å². The Bertz CT molecular complexity index is 744. The fourth-order valence-corrected chi connectivity index (χ4v) is 2.98. The first-order chi connectivity index (χ1) is 11.7. The zero-order valence-electron chi connectivity index (χ0n) is 13.8. The van der Waals surface area contributed by atoms with Gasteiger partial charge in [-0.3, -0.25) is 4.79 Å². The fraction of sp³-hybridized carbons (Fsp3) is 0.300. The van der Waals surface area contributed by atoms with Gasteiger partial charge in [-0.25, -0.2) is 0 Å². The second kappa shape index (κ2) is 7.18. The molecule has 1 saturated heterocycles. The van der Waals surface area contributed by atoms with Gasteiger partial charge in [-0.05, 0) is 48.7 Å². The van der Waals surface area contributed by atoms with E-state index in [1.165, 1.54) is 0 Å². The fourth-order valence-electron chi connectivity index (χ4n) is 2.98. The van der Waals surface area contributed by atoms with Gasteiger partial charge in [-0.15, -0.1) is 0 Å². The largest absolute Gasteiger partial charge is 0.379 e. The molecule has 122 valence electrons. The smallest absolute Gasteiger partial charge is 0.222 e. The number of carbonyl (C=O) groups is 1. The lowest BCUT2D eigenvalue weighted by molar-refractivity contribution is -0.128. The Hall–Kier alpha value is -2.80. The second-order valence-electron chi connectivity index (χ2n) is 6.22. The van der Waals surface area contributed by atoms with Crippen LogP contribution in [0.1, 0.15) is 42.5 Å². The number of nitrogens with zero attached hydrogens (tertiary/aromatic N) is 2. The van der Waals surface area contributed by atoms with Crippen molar-refractivity contribution in [3.63, 3.8) is 0 Å². The molecule has 1 N–H and O–H groups in total. The number of likely N-dealkylation sites (tertiary alicyclic amines) is 1. The van der Waals surface area contributed by atoms with Gasteiger partial charge >= 0.3 is 0 Å². The molecule has 3 rings (SSSR count). The van der Waals surface area contributed by atoms with Gasteiger partial charge in [0.1, 0.15) is 0 Å². The SMILES string of the molecule is CC(Nc1ccc(CN2CCCC2=O)cc1)c1ccc(C#N)cc1. The Morgan fingerprint density at radius 2 is 1.88 bits per heavy atom. The molecular formula is C20H21N3O. The maximum absolute atomic E-state index is 11.7. The van der Waals surface area contributed by atoms with Crippen LogP contribution in [0.15, 0.2) is 48.5 Å². The predicted octanol–water partition coefficient (Wildman–Crippen LogP) is 3.85. The first-order valence-corrected chi connectivity index (χ1v) is 8.29. The first kappa shape index (κ1) is 16.1. The van der Waals surface area contributed by atoms with Crippen molar-refractivity contribution in [1.29, 1.82) is 5.26 Å². The second-order valence-corrected chi connectivity index (χ2v) is 6.22. The zero-order valence-corrected chi connectivity index (χ0v) is 13.8. The van der Waals surface area contributed by atoms with Gasteiger partial charge in [0.15, 0.2) is 0 Å². The Balaban J connectivity index is 1.60. The molecule has 1 unspecified atom stereocenters. The van der Waals surface area contributed by atoms with E-state index >= 15 is 0 Å². The summed E-state index contributed by atoms with van der Waals surface area (Å²) < 4.78 is 0. The van der Waals surface area contributed by atoms with Crippen LogP contribution in [0.2, 0.25) is 0 Å². The van der Waals surface area contributed by atoms with E-state index in [9.17, 15) is 4.79 Å². The lowest BCUT2D eigenvalue weighted by Gasteiger charge is -2.18. The number of nitrogens with one attached hydrogen (secondary N) is 1. The number of hydrogen-bond donors (Lipinski definition) is 1. The molecule has 0 radical (unpaired) electrons. The summed E-state index contributed by atoms with van der Waals surface area (Å²) >= 11 is 0. The minimum Gasteiger partial charge on any atom is -0.379 e. The summed E-state index contributed by atoms with van der Waals surface area (Å²) in [6.45, 7) is 3.66. The lowest BCUT2D eigenvalue weighted by atomic mass is 10.1. The van der Waals surface area contributed by atoms with Gasteiger partial charge in [0, 0.05) is 31.2 Å². The van der Waals surface area contributed by atoms with Crippen LogP contribution in [0.3, 0.4) is 0 Å². The number of rotatable bonds is 5. The molecule has 0 aromatic heterocycles. The molecule has 2 aromatic carbocycles. The number of hydrogen-bond acceptors (Lipinski definition) is 3. The van der Waals surface area contributed by atoms with Crippen LogP contribution < -0.4 is 5.32 Å². The average molecular weight is 319 g/mol. The Morgan fingerprint density at radius 1 is 1.17 bits per heavy atom. The van der Waals surface area contributed by atoms with Crippen molar-refractivity contribution in [1.82, 2.24) is 4.90 Å². The summed E-state index contributed by atoms with van der Waals surface area (Å²) in [5.74, 6) is 0.256. The molecule has 1 aliphatic heterocycles. The number of benzene rings is 2. The molecule has 1 amide bonds. The van der Waals surface area contributed by atoms with E-state index in [2.05, 4.69) is 42.6 Å². The molecule has 4 nitrogen and oxygen atoms in total. The van der Waals surface area contributed by atoms with Crippen molar-refractivity contribution >= 4 is 11.6 Å². The van der Waals surface area contributed by atoms with Gasteiger partial charge in [-0.2, -0.15) is 5.26 Å². The van der Waals surface area contributed by atoms with Crippen LogP contribution in [0.5, 0.6) is 0 Å². The van der Waals surface area contributed by atoms with Crippen molar-refractivity contribution in [3.05, 3.63) is 65.2 Å². The monoisotopic (exact) mass is 319 g/mol. The van der Waals surface area contributed by atoms with E-state index in [0.29, 0.717) is 18.5 Å². The third-order valence-electron chi connectivity index (χ3n) is 4.42. The van der Waals surface area contributed by atoms with E-state index in [0.717, 1.165) is 29.8 Å². The van der Waals surface area contributed by atoms with E-state index < -0.39 is 0 Å². The molecule has 0 aliphatic carbocycles. The average Bonchev–Trinajstić information content (AvgIpc) is 3.01. The molecule has 2 aromatic rings. The van der Waals surface area contributed by atoms with Gasteiger partial charge in [0.2, 0.25) is 5.91 Å². The van der Waals surface area contributed by atoms with Crippen LogP contribution in [-0.4, -0.2) is 17.4 Å². The van der Waals surface area contributed by atoms with E-state index in [1.54, 1.807) is 0 Å². The summed E-state index contributed by atoms with van der Waals surface area (Å²) in [6, 6.07) is 18.2. The maximum Gasteiger partial charge on any atom is 0.222 e. The summed E-state index contributed by atoms with van der Waals surface area (Å²) in [5.41, 5.74) is 4.01. The van der Waals surface area contributed by atoms with E-state index in [1.807, 2.05) is 29.2 Å². The molecule has 1 heterocycles. The van der Waals surface area contributed by atoms with Gasteiger partial charge in [-0.1, -0.05) is 24.3 Å². The highest BCUT2D eigenvalue weighted by atomic mass is 16.2. The molecule has 0 saturated carbocycles. The van der Waals surface area contributed by atoms with Gasteiger partial charge in [0.05, 0.1) is 11.6 Å². The minimum atomic E-state index is 0.156. The molecule has 1 aliphatic rings. The number of carbonyl (C=O) groups excluding carboxylic acids is 1. The summed E-state index contributed by atoms with van der Waals surface area (Å²) in [4.78, 5) is 13.6. The quantitative estimate of drug-likeness (QED) is 0.910. The van der Waals surface area contributed by atoms with Crippen LogP contribution in [0.25, 0.3) is 0 Å². The van der Waals surface area contributed by atoms with Crippen molar-refractivity contribution in [2.45, 2.75) is 32.4 Å². The minimum absolute atomic E-state index is 0.156. The molecule has 4 heteroatoms. The topological polar surface area (TPSA) is 56.1 Å². The predicted molar refractivity (Wildman–Crippen MR) is 94.3 cm³/mol. The van der Waals surface area contributed by atoms with Crippen LogP contribution in [0.4, 0.5) is 5.69 Å². The van der Waals surface area contributed by atoms with Crippen molar-refractivity contribution < 1.29 is 4.79 Å². The molecule has 0 bridgehead atoms. The lowest BCUT2D eigenvalue weighted by Crippen LogP contribution is -2.23. The van der Waals surface area contributed by atoms with Gasteiger partial charge in [0.25, 0.3) is 0 Å². The third kappa shape index (κ3) is 3.75. The number of amides is 1. The standard InChI is InChI=1S/C20H21N3O/c1-15(18-8-4-16(13-21)5-9-18)22-19-10-6-17(7-11-19)14-23-12-2-3-20(23)24/h4-11,15,22H,2-3,12,14H2,1H3. The Kier molecular flexibility index (Phi) is 4.81. The summed E-state index contributed by atoms with van der Waals surface area (Å²) in [7, 11) is 0. The Morgan fingerprint density at radius 3 is 2.46 bits per heavy atom. The summed E-state index contributed by atoms with van der Waals surface area (Å²) in [5, 5.41) is 12.3. The Labute approximate surface area is 142 Å². The van der Waals surface area contributed by atoms with E-state index in [4.69, 9.17) is 5.26 Å². The first-order valence-electron chi connectivity index (χ1n) is 8.29. The van der Waals surface area contributed by atoms with Crippen molar-refractivity contribution in [2.24, 2.45) is 0 Å². The van der Waals surface area contributed by atoms with Crippen molar-refractivity contribution in [2.75, 3.05) is 11.9 Å². The number of anilines is 1. The highest BCUT2D eigenvalue weighted by molar-refractivity contribution is 5.78. The molecule has 0 spiro atoms. The zero-order chi connectivity index (χ0) is 16.9. The normalized spacial score (nSPS) is 15.2. The molecular weight excluding hydrogens is 298 g/mol. The number of nitriles is 1. The van der Waals surface area contributed by atoms with Crippen molar-refractivity contribution in [3.8, 4) is 6.07 Å². The molecule has 1 atom stereocenters. The highest BCUT2D eigenvalue weighted by Gasteiger charge is 2.19. The van der Waals surface area contributed by atoms with E-state index in [-0.39, 0.29) is 11.9 Å². The molecule has 24 heavy (non-hydrogen) atoms. The van der Waals surface area contributed by atoms with Crippen LogP contribution >= 0.6 is 0 Å². The highest BCUT2D eigenvalue weighted by Crippen LogP contribution is 2.21. The van der Waals surface area contributed by atoms with Crippen LogP contribution in [0, 0.1) is 11.3 Å². The third-order valence-corrected chi connectivity index (χ3v) is 4.42. The summed E-state index contributed by atoms with van der Waals surface area (Å²) in [6.07, 6.45) is 1.66. The van der Waals surface area contributed by atoms with Gasteiger partial charge < -0.3 is 10.2 Å².